The molecule has 4 rings (SSSR count). The molecule has 0 saturated carbocycles. The van der Waals surface area contributed by atoms with Crippen LogP contribution in [0.3, 0.4) is 0 Å². The van der Waals surface area contributed by atoms with Gasteiger partial charge in [0.15, 0.2) is 11.5 Å². The molecule has 0 radical (unpaired) electrons. The van der Waals surface area contributed by atoms with Crippen LogP contribution in [0.15, 0.2) is 44.4 Å². The van der Waals surface area contributed by atoms with Gasteiger partial charge in [0, 0.05) is 15.7 Å². The number of fused-ring (bicyclic) bond motifs is 3. The lowest BCUT2D eigenvalue weighted by atomic mass is 10.1. The Morgan fingerprint density at radius 2 is 2.08 bits per heavy atom. The van der Waals surface area contributed by atoms with Gasteiger partial charge in [-0.15, -0.1) is 10.2 Å². The predicted octanol–water partition coefficient (Wildman–Crippen LogP) is 4.43. The van der Waals surface area contributed by atoms with E-state index < -0.39 is 6.23 Å². The lowest BCUT2D eigenvalue weighted by Gasteiger charge is -2.16. The standard InChI is InChI=1S/C16H13BrN4O2S/c1-8-3-6-12(22-8)14-18-11-5-4-9(17)7-10(11)13-15(23-14)19-16(24-2)21-20-13/h3-7,14,18H,1-2H3/t14-/m1/s1. The number of hydrogen-bond acceptors (Lipinski definition) is 7. The monoisotopic (exact) mass is 404 g/mol. The number of halogens is 1. The number of benzene rings is 1. The van der Waals surface area contributed by atoms with Crippen LogP contribution >= 0.6 is 27.7 Å². The Morgan fingerprint density at radius 1 is 1.21 bits per heavy atom. The summed E-state index contributed by atoms with van der Waals surface area (Å²) in [7, 11) is 0. The van der Waals surface area contributed by atoms with Gasteiger partial charge in [0.2, 0.25) is 17.3 Å². The summed E-state index contributed by atoms with van der Waals surface area (Å²) in [6.07, 6.45) is 1.40. The summed E-state index contributed by atoms with van der Waals surface area (Å²) in [5, 5.41) is 12.4. The van der Waals surface area contributed by atoms with Crippen LogP contribution in [0.25, 0.3) is 11.3 Å². The van der Waals surface area contributed by atoms with Gasteiger partial charge in [0.1, 0.15) is 5.76 Å². The second kappa shape index (κ2) is 6.10. The molecule has 1 N–H and O–H groups in total. The third-order valence-corrected chi connectivity index (χ3v) is 4.62. The van der Waals surface area contributed by atoms with Crippen molar-refractivity contribution in [3.05, 3.63) is 46.3 Å². The Labute approximate surface area is 151 Å². The molecule has 3 heterocycles. The highest BCUT2D eigenvalue weighted by atomic mass is 79.9. The van der Waals surface area contributed by atoms with Crippen LogP contribution < -0.4 is 10.1 Å². The van der Waals surface area contributed by atoms with Crippen molar-refractivity contribution in [2.24, 2.45) is 0 Å². The number of rotatable bonds is 2. The largest absolute Gasteiger partial charge is 0.460 e. The van der Waals surface area contributed by atoms with E-state index in [0.29, 0.717) is 22.5 Å². The molecule has 0 aliphatic carbocycles. The van der Waals surface area contributed by atoms with Gasteiger partial charge in [0.25, 0.3) is 0 Å². The molecule has 122 valence electrons. The fourth-order valence-electron chi connectivity index (χ4n) is 2.48. The van der Waals surface area contributed by atoms with E-state index >= 15 is 0 Å². The molecule has 3 aromatic rings. The van der Waals surface area contributed by atoms with Crippen LogP contribution in [0, 0.1) is 6.92 Å². The van der Waals surface area contributed by atoms with E-state index in [-0.39, 0.29) is 0 Å². The highest BCUT2D eigenvalue weighted by molar-refractivity contribution is 9.10. The average Bonchev–Trinajstić information content (AvgIpc) is 2.95. The molecule has 2 aromatic heterocycles. The first-order chi connectivity index (χ1) is 11.6. The van der Waals surface area contributed by atoms with Gasteiger partial charge < -0.3 is 14.5 Å². The van der Waals surface area contributed by atoms with Crippen molar-refractivity contribution in [2.75, 3.05) is 11.6 Å². The number of thioether (sulfide) groups is 1. The SMILES string of the molecule is CSc1nnc2c(n1)O[C@H](c1ccc(C)o1)Nc1ccc(Br)cc1-2. The van der Waals surface area contributed by atoms with E-state index in [4.69, 9.17) is 9.15 Å². The van der Waals surface area contributed by atoms with Gasteiger partial charge in [-0.25, -0.2) is 0 Å². The van der Waals surface area contributed by atoms with Crippen molar-refractivity contribution >= 4 is 33.4 Å². The smallest absolute Gasteiger partial charge is 0.247 e. The number of aryl methyl sites for hydroxylation is 1. The van der Waals surface area contributed by atoms with Gasteiger partial charge in [-0.05, 0) is 43.5 Å². The molecule has 24 heavy (non-hydrogen) atoms. The summed E-state index contributed by atoms with van der Waals surface area (Å²) >= 11 is 4.92. The lowest BCUT2D eigenvalue weighted by molar-refractivity contribution is 0.194. The molecule has 8 heteroatoms. The minimum atomic E-state index is -0.494. The zero-order valence-electron chi connectivity index (χ0n) is 12.9. The zero-order valence-corrected chi connectivity index (χ0v) is 15.3. The van der Waals surface area contributed by atoms with E-state index in [2.05, 4.69) is 36.4 Å². The Bertz CT molecular complexity index is 915. The van der Waals surface area contributed by atoms with E-state index in [1.807, 2.05) is 43.5 Å². The molecular formula is C16H13BrN4O2S. The van der Waals surface area contributed by atoms with Gasteiger partial charge in [0.05, 0.1) is 0 Å². The maximum Gasteiger partial charge on any atom is 0.247 e. The Kier molecular flexibility index (Phi) is 3.93. The maximum atomic E-state index is 6.07. The summed E-state index contributed by atoms with van der Waals surface area (Å²) in [4.78, 5) is 4.47. The summed E-state index contributed by atoms with van der Waals surface area (Å²) < 4.78 is 12.7. The normalized spacial score (nSPS) is 15.7. The van der Waals surface area contributed by atoms with Crippen molar-refractivity contribution in [1.29, 1.82) is 0 Å². The number of nitrogens with one attached hydrogen (secondary N) is 1. The molecule has 0 bridgehead atoms. The molecule has 0 amide bonds. The first-order valence-corrected chi connectivity index (χ1v) is 9.24. The van der Waals surface area contributed by atoms with Crippen LogP contribution in [-0.2, 0) is 0 Å². The number of anilines is 1. The maximum absolute atomic E-state index is 6.07. The Hall–Kier alpha value is -2.06. The minimum absolute atomic E-state index is 0.428. The summed E-state index contributed by atoms with van der Waals surface area (Å²) in [5.41, 5.74) is 2.35. The molecule has 6 nitrogen and oxygen atoms in total. The van der Waals surface area contributed by atoms with Crippen LogP contribution in [0.4, 0.5) is 5.69 Å². The first kappa shape index (κ1) is 15.5. The van der Waals surface area contributed by atoms with Gasteiger partial charge >= 0.3 is 0 Å². The van der Waals surface area contributed by atoms with E-state index in [1.165, 1.54) is 11.8 Å². The third kappa shape index (κ3) is 2.76. The van der Waals surface area contributed by atoms with Gasteiger partial charge in [-0.1, -0.05) is 27.7 Å². The minimum Gasteiger partial charge on any atom is -0.460 e. The summed E-state index contributed by atoms with van der Waals surface area (Å²) in [6, 6.07) is 9.68. The molecule has 1 aliphatic rings. The number of aromatic nitrogens is 3. The van der Waals surface area contributed by atoms with Crippen molar-refractivity contribution in [3.63, 3.8) is 0 Å². The molecular weight excluding hydrogens is 392 g/mol. The van der Waals surface area contributed by atoms with Crippen LogP contribution in [-0.4, -0.2) is 21.4 Å². The van der Waals surface area contributed by atoms with Gasteiger partial charge in [-0.2, -0.15) is 4.98 Å². The highest BCUT2D eigenvalue weighted by Crippen LogP contribution is 2.40. The van der Waals surface area contributed by atoms with Crippen molar-refractivity contribution in [1.82, 2.24) is 15.2 Å². The highest BCUT2D eigenvalue weighted by Gasteiger charge is 2.27. The molecule has 0 unspecified atom stereocenters. The van der Waals surface area contributed by atoms with Crippen LogP contribution in [0.5, 0.6) is 5.88 Å². The summed E-state index contributed by atoms with van der Waals surface area (Å²) in [6.45, 7) is 1.90. The number of furan rings is 1. The number of nitrogens with zero attached hydrogens (tertiary/aromatic N) is 3. The molecule has 0 saturated heterocycles. The fraction of sp³-hybridized carbons (Fsp3) is 0.188. The molecule has 1 aromatic carbocycles. The molecule has 1 atom stereocenters. The third-order valence-electron chi connectivity index (χ3n) is 3.59. The number of hydrogen-bond donors (Lipinski definition) is 1. The number of ether oxygens (including phenoxy) is 1. The first-order valence-electron chi connectivity index (χ1n) is 7.22. The van der Waals surface area contributed by atoms with Crippen LogP contribution in [0.2, 0.25) is 0 Å². The van der Waals surface area contributed by atoms with Crippen molar-refractivity contribution < 1.29 is 9.15 Å². The van der Waals surface area contributed by atoms with Crippen molar-refractivity contribution in [2.45, 2.75) is 18.3 Å². The fourth-order valence-corrected chi connectivity index (χ4v) is 3.14. The molecule has 1 aliphatic heterocycles. The molecule has 0 fully saturated rings. The second-order valence-corrected chi connectivity index (χ2v) is 6.92. The van der Waals surface area contributed by atoms with Crippen molar-refractivity contribution in [3.8, 4) is 17.1 Å². The van der Waals surface area contributed by atoms with Gasteiger partial charge in [-0.3, -0.25) is 0 Å². The Morgan fingerprint density at radius 3 is 2.83 bits per heavy atom. The molecule has 0 spiro atoms. The van der Waals surface area contributed by atoms with E-state index in [0.717, 1.165) is 21.5 Å². The Balaban J connectivity index is 1.88. The van der Waals surface area contributed by atoms with E-state index in [9.17, 15) is 0 Å². The topological polar surface area (TPSA) is 73.1 Å². The summed E-state index contributed by atoms with van der Waals surface area (Å²) in [5.74, 6) is 1.93. The average molecular weight is 405 g/mol. The lowest BCUT2D eigenvalue weighted by Crippen LogP contribution is -2.16. The second-order valence-electron chi connectivity index (χ2n) is 5.23. The zero-order chi connectivity index (χ0) is 16.7. The van der Waals surface area contributed by atoms with Crippen LogP contribution in [0.1, 0.15) is 17.7 Å². The predicted molar refractivity (Wildman–Crippen MR) is 95.2 cm³/mol. The van der Waals surface area contributed by atoms with E-state index in [1.54, 1.807) is 0 Å². The quantitative estimate of drug-likeness (QED) is 0.633.